The first-order valence-electron chi connectivity index (χ1n) is 8.03. The molecule has 0 aliphatic rings. The summed E-state index contributed by atoms with van der Waals surface area (Å²) in [5, 5.41) is 7.78. The number of amides is 2. The molecule has 3 aromatic rings. The molecule has 126 valence electrons. The van der Waals surface area contributed by atoms with Crippen LogP contribution in [0.15, 0.2) is 35.0 Å². The number of benzene rings is 1. The first-order chi connectivity index (χ1) is 11.7. The molecule has 0 aliphatic heterocycles. The smallest absolute Gasteiger partial charge is 0.317 e. The highest BCUT2D eigenvalue weighted by Crippen LogP contribution is 2.15. The van der Waals surface area contributed by atoms with Crippen molar-refractivity contribution in [3.63, 3.8) is 0 Å². The molecule has 1 aromatic carbocycles. The minimum absolute atomic E-state index is 0.0945. The molecule has 0 saturated heterocycles. The van der Waals surface area contributed by atoms with Gasteiger partial charge in [0.1, 0.15) is 0 Å². The van der Waals surface area contributed by atoms with Gasteiger partial charge >= 0.3 is 6.03 Å². The van der Waals surface area contributed by atoms with Crippen LogP contribution in [-0.4, -0.2) is 39.1 Å². The number of carbonyl (C=O) groups is 1. The zero-order chi connectivity index (χ0) is 16.9. The van der Waals surface area contributed by atoms with Gasteiger partial charge in [-0.25, -0.2) is 4.79 Å². The van der Waals surface area contributed by atoms with Gasteiger partial charge in [0.05, 0.1) is 0 Å². The molecular formula is C17H21N5O2. The third kappa shape index (κ3) is 3.73. The fourth-order valence-corrected chi connectivity index (χ4v) is 2.58. The van der Waals surface area contributed by atoms with E-state index < -0.39 is 0 Å². The number of aryl methyl sites for hydroxylation is 1. The van der Waals surface area contributed by atoms with Gasteiger partial charge in [-0.05, 0) is 43.0 Å². The number of hydrogen-bond acceptors (Lipinski definition) is 4. The van der Waals surface area contributed by atoms with Gasteiger partial charge < -0.3 is 19.7 Å². The fourth-order valence-electron chi connectivity index (χ4n) is 2.58. The number of nitrogens with one attached hydrogen (secondary N) is 2. The molecular weight excluding hydrogens is 306 g/mol. The summed E-state index contributed by atoms with van der Waals surface area (Å²) in [7, 11) is 0. The van der Waals surface area contributed by atoms with Crippen molar-refractivity contribution in [3.05, 3.63) is 47.7 Å². The van der Waals surface area contributed by atoms with Crippen LogP contribution in [0.5, 0.6) is 0 Å². The van der Waals surface area contributed by atoms with Crippen molar-refractivity contribution >= 4 is 16.9 Å². The average Bonchev–Trinajstić information content (AvgIpc) is 3.20. The molecule has 0 fully saturated rings. The van der Waals surface area contributed by atoms with Crippen LogP contribution < -0.4 is 5.32 Å². The largest absolute Gasteiger partial charge is 0.361 e. The van der Waals surface area contributed by atoms with Crippen LogP contribution in [0.1, 0.15) is 24.2 Å². The minimum Gasteiger partial charge on any atom is -0.361 e. The van der Waals surface area contributed by atoms with Crippen molar-refractivity contribution in [3.8, 4) is 0 Å². The molecule has 3 rings (SSSR count). The van der Waals surface area contributed by atoms with E-state index in [4.69, 9.17) is 4.52 Å². The quantitative estimate of drug-likeness (QED) is 0.728. The van der Waals surface area contributed by atoms with Gasteiger partial charge in [0.15, 0.2) is 5.82 Å². The molecule has 0 spiro atoms. The molecule has 0 unspecified atom stereocenters. The van der Waals surface area contributed by atoms with Crippen LogP contribution in [0.3, 0.4) is 0 Å². The van der Waals surface area contributed by atoms with Crippen LogP contribution in [0.25, 0.3) is 10.9 Å². The van der Waals surface area contributed by atoms with Crippen molar-refractivity contribution < 1.29 is 9.32 Å². The zero-order valence-electron chi connectivity index (χ0n) is 13.9. The number of urea groups is 1. The lowest BCUT2D eigenvalue weighted by molar-refractivity contribution is 0.198. The summed E-state index contributed by atoms with van der Waals surface area (Å²) in [4.78, 5) is 21.4. The van der Waals surface area contributed by atoms with Crippen molar-refractivity contribution in [1.29, 1.82) is 0 Å². The van der Waals surface area contributed by atoms with Crippen LogP contribution in [0.2, 0.25) is 0 Å². The third-order valence-corrected chi connectivity index (χ3v) is 3.84. The summed E-state index contributed by atoms with van der Waals surface area (Å²) in [6.45, 7) is 5.41. The number of H-pyrrole nitrogens is 1. The van der Waals surface area contributed by atoms with Gasteiger partial charge in [-0.3, -0.25) is 0 Å². The second-order valence-electron chi connectivity index (χ2n) is 5.63. The summed E-state index contributed by atoms with van der Waals surface area (Å²) in [6, 6.07) is 8.11. The number of aromatic nitrogens is 3. The van der Waals surface area contributed by atoms with Gasteiger partial charge in [0.2, 0.25) is 5.89 Å². The second kappa shape index (κ2) is 7.16. The lowest BCUT2D eigenvalue weighted by Crippen LogP contribution is -2.40. The molecule has 2 heterocycles. The van der Waals surface area contributed by atoms with Crippen molar-refractivity contribution in [2.45, 2.75) is 26.8 Å². The van der Waals surface area contributed by atoms with E-state index in [1.54, 1.807) is 11.8 Å². The lowest BCUT2D eigenvalue weighted by atomic mass is 10.1. The topological polar surface area (TPSA) is 87.0 Å². The van der Waals surface area contributed by atoms with E-state index in [-0.39, 0.29) is 6.03 Å². The number of rotatable bonds is 6. The maximum atomic E-state index is 12.3. The highest BCUT2D eigenvalue weighted by atomic mass is 16.5. The lowest BCUT2D eigenvalue weighted by Gasteiger charge is -2.21. The molecule has 0 radical (unpaired) electrons. The normalized spacial score (nSPS) is 10.9. The Bertz CT molecular complexity index is 823. The van der Waals surface area contributed by atoms with E-state index in [2.05, 4.69) is 26.5 Å². The third-order valence-electron chi connectivity index (χ3n) is 3.84. The van der Waals surface area contributed by atoms with E-state index in [1.165, 1.54) is 0 Å². The van der Waals surface area contributed by atoms with E-state index in [0.29, 0.717) is 37.8 Å². The fraction of sp³-hybridized carbons (Fsp3) is 0.353. The van der Waals surface area contributed by atoms with Gasteiger partial charge in [-0.15, -0.1) is 0 Å². The van der Waals surface area contributed by atoms with Crippen molar-refractivity contribution in [1.82, 2.24) is 25.3 Å². The summed E-state index contributed by atoms with van der Waals surface area (Å²) < 4.78 is 5.03. The second-order valence-corrected chi connectivity index (χ2v) is 5.63. The number of hydrogen-bond donors (Lipinski definition) is 2. The summed E-state index contributed by atoms with van der Waals surface area (Å²) in [6.07, 6.45) is 2.44. The maximum Gasteiger partial charge on any atom is 0.317 e. The Balaban J connectivity index is 1.55. The van der Waals surface area contributed by atoms with E-state index in [1.807, 2.05) is 31.3 Å². The maximum absolute atomic E-state index is 12.3. The summed E-state index contributed by atoms with van der Waals surface area (Å²) in [5.74, 6) is 1.14. The molecule has 2 N–H and O–H groups in total. The molecule has 0 atom stereocenters. The van der Waals surface area contributed by atoms with Crippen molar-refractivity contribution in [2.75, 3.05) is 13.1 Å². The summed E-state index contributed by atoms with van der Waals surface area (Å²) >= 11 is 0. The van der Waals surface area contributed by atoms with E-state index >= 15 is 0 Å². The summed E-state index contributed by atoms with van der Waals surface area (Å²) in [5.41, 5.74) is 2.20. The molecule has 0 bridgehead atoms. The van der Waals surface area contributed by atoms with E-state index in [9.17, 15) is 4.79 Å². The Morgan fingerprint density at radius 1 is 1.38 bits per heavy atom. The Labute approximate surface area is 140 Å². The molecule has 2 aromatic heterocycles. The SMILES string of the molecule is CCN(Cc1ccc2[nH]ccc2c1)C(=O)NCCc1nc(C)no1. The Morgan fingerprint density at radius 2 is 2.25 bits per heavy atom. The first kappa shape index (κ1) is 16.0. The number of carbonyl (C=O) groups excluding carboxylic acids is 1. The van der Waals surface area contributed by atoms with Gasteiger partial charge in [-0.2, -0.15) is 4.98 Å². The highest BCUT2D eigenvalue weighted by Gasteiger charge is 2.12. The molecule has 0 aliphatic carbocycles. The molecule has 7 heteroatoms. The predicted molar refractivity (Wildman–Crippen MR) is 90.5 cm³/mol. The van der Waals surface area contributed by atoms with Crippen LogP contribution in [0, 0.1) is 6.92 Å². The van der Waals surface area contributed by atoms with Gasteiger partial charge in [0, 0.05) is 37.8 Å². The Morgan fingerprint density at radius 3 is 3.00 bits per heavy atom. The van der Waals surface area contributed by atoms with Crippen molar-refractivity contribution in [2.24, 2.45) is 0 Å². The van der Waals surface area contributed by atoms with Crippen LogP contribution in [0.4, 0.5) is 4.79 Å². The predicted octanol–water partition coefficient (Wildman–Crippen LogP) is 2.63. The monoisotopic (exact) mass is 327 g/mol. The Kier molecular flexibility index (Phi) is 4.79. The molecule has 0 saturated carbocycles. The van der Waals surface area contributed by atoms with Gasteiger partial charge in [-0.1, -0.05) is 11.2 Å². The minimum atomic E-state index is -0.0945. The number of aromatic amines is 1. The molecule has 7 nitrogen and oxygen atoms in total. The number of fused-ring (bicyclic) bond motifs is 1. The molecule has 24 heavy (non-hydrogen) atoms. The van der Waals surface area contributed by atoms with Crippen LogP contribution >= 0.6 is 0 Å². The molecule has 2 amide bonds. The zero-order valence-corrected chi connectivity index (χ0v) is 13.9. The van der Waals surface area contributed by atoms with E-state index in [0.717, 1.165) is 16.5 Å². The van der Waals surface area contributed by atoms with Gasteiger partial charge in [0.25, 0.3) is 0 Å². The number of nitrogens with zero attached hydrogens (tertiary/aromatic N) is 3. The highest BCUT2D eigenvalue weighted by molar-refractivity contribution is 5.80. The average molecular weight is 327 g/mol. The first-order valence-corrected chi connectivity index (χ1v) is 8.03. The van der Waals surface area contributed by atoms with Crippen LogP contribution in [-0.2, 0) is 13.0 Å². The standard InChI is InChI=1S/C17H21N5O2/c1-3-22(11-13-4-5-15-14(10-13)6-8-18-15)17(23)19-9-7-16-20-12(2)21-24-16/h4-6,8,10,18H,3,7,9,11H2,1-2H3,(H,19,23). The Hall–Kier alpha value is -2.83.